The quantitative estimate of drug-likeness (QED) is 0.324. The molecule has 11 nitrogen and oxygen atoms in total. The molecule has 1 aliphatic rings. The molecule has 0 spiro atoms. The van der Waals surface area contributed by atoms with Gasteiger partial charge in [-0.3, -0.25) is 4.90 Å². The molecule has 0 aromatic heterocycles. The van der Waals surface area contributed by atoms with E-state index in [1.54, 1.807) is 17.0 Å². The first-order valence-electron chi connectivity index (χ1n) is 10.3. The van der Waals surface area contributed by atoms with Crippen molar-refractivity contribution in [3.8, 4) is 5.75 Å². The Morgan fingerprint density at radius 1 is 1.18 bits per heavy atom. The number of anilines is 2. The standard InChI is InChI=1S/C21H26FN7O4S/c1-21(2)28-18(23)27-19(24)29(21)15-7-9-16(10-8-15)33-12-4-11-25-20(30)26-14-5-3-6-17(13-14)34(22,31)32/h3,5-10,13H,4,11-12H2,1-2H3,(H2,25,26,30)(H4,23,24,27,28). The molecule has 6 N–H and O–H groups in total. The fourth-order valence-corrected chi connectivity index (χ4v) is 3.82. The minimum Gasteiger partial charge on any atom is -0.494 e. The molecular weight excluding hydrogens is 465 g/mol. The van der Waals surface area contributed by atoms with Gasteiger partial charge in [0.15, 0.2) is 0 Å². The second-order valence-electron chi connectivity index (χ2n) is 7.81. The second-order valence-corrected chi connectivity index (χ2v) is 9.16. The van der Waals surface area contributed by atoms with E-state index in [-0.39, 0.29) is 17.6 Å². The van der Waals surface area contributed by atoms with E-state index in [1.165, 1.54) is 12.1 Å². The van der Waals surface area contributed by atoms with Gasteiger partial charge in [0.1, 0.15) is 16.3 Å². The molecule has 13 heteroatoms. The number of urea groups is 1. The molecular formula is C21H26FN7O4S. The summed E-state index contributed by atoms with van der Waals surface area (Å²) in [6.45, 7) is 4.39. The fourth-order valence-electron chi connectivity index (χ4n) is 3.31. The highest BCUT2D eigenvalue weighted by Gasteiger charge is 2.32. The van der Waals surface area contributed by atoms with Crippen molar-refractivity contribution in [2.75, 3.05) is 23.4 Å². The van der Waals surface area contributed by atoms with Crippen molar-refractivity contribution in [2.45, 2.75) is 30.8 Å². The number of ether oxygens (including phenoxy) is 1. The summed E-state index contributed by atoms with van der Waals surface area (Å²) in [5.74, 6) is 1.00. The number of carbonyl (C=O) groups is 1. The molecule has 2 aromatic rings. The van der Waals surface area contributed by atoms with Crippen LogP contribution in [-0.4, -0.2) is 45.2 Å². The number of amides is 2. The average Bonchev–Trinajstić information content (AvgIpc) is 2.73. The van der Waals surface area contributed by atoms with Gasteiger partial charge >= 0.3 is 16.3 Å². The number of hydrogen-bond acceptors (Lipinski definition) is 9. The molecule has 0 saturated carbocycles. The Labute approximate surface area is 196 Å². The summed E-state index contributed by atoms with van der Waals surface area (Å²) in [5.41, 5.74) is 12.0. The van der Waals surface area contributed by atoms with Gasteiger partial charge in [-0.2, -0.15) is 13.4 Å². The van der Waals surface area contributed by atoms with E-state index < -0.39 is 26.8 Å². The van der Waals surface area contributed by atoms with Gasteiger partial charge in [0.25, 0.3) is 0 Å². The van der Waals surface area contributed by atoms with Crippen LogP contribution in [-0.2, 0) is 10.2 Å². The number of carbonyl (C=O) groups excluding carboxylic acids is 1. The van der Waals surface area contributed by atoms with Gasteiger partial charge in [-0.15, -0.1) is 3.89 Å². The lowest BCUT2D eigenvalue weighted by molar-refractivity contribution is 0.250. The van der Waals surface area contributed by atoms with Crippen molar-refractivity contribution < 1.29 is 21.8 Å². The van der Waals surface area contributed by atoms with Gasteiger partial charge in [0.2, 0.25) is 11.9 Å². The Balaban J connectivity index is 1.43. The van der Waals surface area contributed by atoms with Crippen molar-refractivity contribution in [1.82, 2.24) is 5.32 Å². The zero-order valence-corrected chi connectivity index (χ0v) is 19.5. The smallest absolute Gasteiger partial charge is 0.332 e. The van der Waals surface area contributed by atoms with Gasteiger partial charge in [-0.1, -0.05) is 6.07 Å². The van der Waals surface area contributed by atoms with E-state index in [4.69, 9.17) is 16.2 Å². The lowest BCUT2D eigenvalue weighted by atomic mass is 10.1. The minimum atomic E-state index is -4.85. The minimum absolute atomic E-state index is 0.127. The number of halogens is 1. The Kier molecular flexibility index (Phi) is 7.25. The average molecular weight is 492 g/mol. The Morgan fingerprint density at radius 3 is 2.53 bits per heavy atom. The summed E-state index contributed by atoms with van der Waals surface area (Å²) in [6, 6.07) is 11.6. The molecule has 0 unspecified atom stereocenters. The maximum Gasteiger partial charge on any atom is 0.332 e. The number of hydrogen-bond donors (Lipinski definition) is 4. The first-order chi connectivity index (χ1) is 16.0. The molecule has 0 atom stereocenters. The largest absolute Gasteiger partial charge is 0.494 e. The van der Waals surface area contributed by atoms with Crippen LogP contribution in [0.15, 0.2) is 63.4 Å². The Morgan fingerprint density at radius 2 is 1.88 bits per heavy atom. The topological polar surface area (TPSA) is 164 Å². The third-order valence-electron chi connectivity index (χ3n) is 4.74. The molecule has 3 rings (SSSR count). The molecule has 2 amide bonds. The zero-order valence-electron chi connectivity index (χ0n) is 18.7. The van der Waals surface area contributed by atoms with E-state index in [9.17, 15) is 17.1 Å². The van der Waals surface area contributed by atoms with Crippen LogP contribution < -0.4 is 31.7 Å². The fraction of sp³-hybridized carbons (Fsp3) is 0.286. The summed E-state index contributed by atoms with van der Waals surface area (Å²) >= 11 is 0. The monoisotopic (exact) mass is 491 g/mol. The number of aliphatic imine (C=N–C) groups is 2. The van der Waals surface area contributed by atoms with E-state index in [1.807, 2.05) is 26.0 Å². The van der Waals surface area contributed by atoms with Crippen molar-refractivity contribution in [3.63, 3.8) is 0 Å². The van der Waals surface area contributed by atoms with E-state index in [0.29, 0.717) is 25.3 Å². The van der Waals surface area contributed by atoms with Gasteiger partial charge in [0, 0.05) is 17.9 Å². The van der Waals surface area contributed by atoms with Crippen LogP contribution in [0.2, 0.25) is 0 Å². The van der Waals surface area contributed by atoms with E-state index in [2.05, 4.69) is 20.6 Å². The number of benzene rings is 2. The maximum atomic E-state index is 13.1. The van der Waals surface area contributed by atoms with Gasteiger partial charge in [0.05, 0.1) is 6.61 Å². The van der Waals surface area contributed by atoms with Gasteiger partial charge in [-0.25, -0.2) is 9.79 Å². The molecule has 0 radical (unpaired) electrons. The van der Waals surface area contributed by atoms with Crippen LogP contribution in [0.4, 0.5) is 20.1 Å². The molecule has 1 aliphatic heterocycles. The van der Waals surface area contributed by atoms with Gasteiger partial charge in [-0.05, 0) is 62.7 Å². The second kappa shape index (κ2) is 9.95. The maximum absolute atomic E-state index is 13.1. The Hall–Kier alpha value is -3.87. The van der Waals surface area contributed by atoms with Crippen molar-refractivity contribution >= 4 is 39.5 Å². The van der Waals surface area contributed by atoms with Crippen LogP contribution >= 0.6 is 0 Å². The third-order valence-corrected chi connectivity index (χ3v) is 5.55. The number of nitrogens with two attached hydrogens (primary N) is 2. The molecule has 0 aliphatic carbocycles. The third kappa shape index (κ3) is 6.34. The lowest BCUT2D eigenvalue weighted by Crippen LogP contribution is -2.54. The number of guanidine groups is 2. The summed E-state index contributed by atoms with van der Waals surface area (Å²) in [7, 11) is -4.85. The number of rotatable bonds is 8. The van der Waals surface area contributed by atoms with Crippen LogP contribution in [0.3, 0.4) is 0 Å². The SMILES string of the molecule is CC1(C)N=C(N)N=C(N)N1c1ccc(OCCCNC(=O)Nc2cccc(S(=O)(=O)F)c2)cc1. The number of nitrogens with one attached hydrogen (secondary N) is 2. The first-order valence-corrected chi connectivity index (χ1v) is 11.7. The van der Waals surface area contributed by atoms with E-state index >= 15 is 0 Å². The highest BCUT2D eigenvalue weighted by molar-refractivity contribution is 7.86. The molecule has 0 fully saturated rings. The highest BCUT2D eigenvalue weighted by atomic mass is 32.3. The predicted molar refractivity (Wildman–Crippen MR) is 128 cm³/mol. The predicted octanol–water partition coefficient (Wildman–Crippen LogP) is 2.12. The molecule has 1 heterocycles. The van der Waals surface area contributed by atoms with Crippen molar-refractivity contribution in [2.24, 2.45) is 21.5 Å². The summed E-state index contributed by atoms with van der Waals surface area (Å²) < 4.78 is 40.7. The van der Waals surface area contributed by atoms with E-state index in [0.717, 1.165) is 17.8 Å². The van der Waals surface area contributed by atoms with Crippen LogP contribution in [0, 0.1) is 0 Å². The summed E-state index contributed by atoms with van der Waals surface area (Å²) in [5, 5.41) is 5.07. The van der Waals surface area contributed by atoms with Crippen LogP contribution in [0.1, 0.15) is 20.3 Å². The molecule has 0 saturated heterocycles. The summed E-state index contributed by atoms with van der Waals surface area (Å²) in [4.78, 5) is 21.5. The molecule has 0 bridgehead atoms. The zero-order chi connectivity index (χ0) is 24.9. The number of nitrogens with zero attached hydrogens (tertiary/aromatic N) is 3. The highest BCUT2D eigenvalue weighted by Crippen LogP contribution is 2.28. The lowest BCUT2D eigenvalue weighted by Gasteiger charge is -2.38. The van der Waals surface area contributed by atoms with Gasteiger partial charge < -0.3 is 26.8 Å². The van der Waals surface area contributed by atoms with Crippen molar-refractivity contribution in [1.29, 1.82) is 0 Å². The first kappa shape index (κ1) is 24.8. The van der Waals surface area contributed by atoms with Crippen molar-refractivity contribution in [3.05, 3.63) is 48.5 Å². The molecule has 34 heavy (non-hydrogen) atoms. The molecule has 2 aromatic carbocycles. The molecule has 182 valence electrons. The Bertz CT molecular complexity index is 1210. The normalized spacial score (nSPS) is 15.2. The van der Waals surface area contributed by atoms with Crippen LogP contribution in [0.25, 0.3) is 0 Å². The summed E-state index contributed by atoms with van der Waals surface area (Å²) in [6.07, 6.45) is 0.515. The van der Waals surface area contributed by atoms with Crippen LogP contribution in [0.5, 0.6) is 5.75 Å².